The first-order chi connectivity index (χ1) is 10.8. The van der Waals surface area contributed by atoms with Gasteiger partial charge in [-0.05, 0) is 52.3 Å². The normalized spacial score (nSPS) is 18.0. The molecular formula is C16H32N2O4S. The van der Waals surface area contributed by atoms with Crippen molar-refractivity contribution in [3.05, 3.63) is 0 Å². The van der Waals surface area contributed by atoms with Crippen molar-refractivity contribution in [1.82, 2.24) is 10.2 Å². The van der Waals surface area contributed by atoms with E-state index in [1.165, 1.54) is 19.3 Å². The lowest BCUT2D eigenvalue weighted by Gasteiger charge is -2.33. The maximum absolute atomic E-state index is 10.7. The van der Waals surface area contributed by atoms with Crippen LogP contribution < -0.4 is 5.32 Å². The number of rotatable bonds is 8. The third-order valence-electron chi connectivity index (χ3n) is 4.38. The minimum atomic E-state index is -0.767. The Labute approximate surface area is 144 Å². The number of carboxylic acid groups (broad SMARTS) is 2. The number of hydrogen-bond donors (Lipinski definition) is 3. The van der Waals surface area contributed by atoms with Crippen LogP contribution in [0.4, 0.5) is 0 Å². The molecule has 1 aliphatic rings. The molecule has 3 N–H and O–H groups in total. The maximum Gasteiger partial charge on any atom is 0.320 e. The zero-order valence-electron chi connectivity index (χ0n) is 14.7. The molecule has 0 aromatic rings. The molecule has 0 spiro atoms. The van der Waals surface area contributed by atoms with E-state index in [0.717, 1.165) is 18.6 Å². The highest BCUT2D eigenvalue weighted by Gasteiger charge is 2.25. The summed E-state index contributed by atoms with van der Waals surface area (Å²) >= 11 is 1.66. The molecule has 0 bridgehead atoms. The summed E-state index contributed by atoms with van der Waals surface area (Å²) in [5.41, 5.74) is 0. The number of hydrogen-bond acceptors (Lipinski definition) is 5. The van der Waals surface area contributed by atoms with E-state index >= 15 is 0 Å². The van der Waals surface area contributed by atoms with Crippen LogP contribution in [-0.4, -0.2) is 71.3 Å². The largest absolute Gasteiger partial charge is 0.480 e. The highest BCUT2D eigenvalue weighted by molar-refractivity contribution is 7.98. The minimum absolute atomic E-state index is 0.344. The van der Waals surface area contributed by atoms with Gasteiger partial charge in [0, 0.05) is 6.04 Å². The summed E-state index contributed by atoms with van der Waals surface area (Å²) in [5, 5.41) is 20.1. The predicted octanol–water partition coefficient (Wildman–Crippen LogP) is 2.14. The van der Waals surface area contributed by atoms with Crippen LogP contribution >= 0.6 is 11.8 Å². The molecule has 0 aromatic heterocycles. The Kier molecular flexibility index (Phi) is 12.2. The maximum atomic E-state index is 10.7. The Bertz CT molecular complexity index is 349. The lowest BCUT2D eigenvalue weighted by atomic mass is 9.94. The van der Waals surface area contributed by atoms with Gasteiger partial charge in [-0.1, -0.05) is 19.3 Å². The number of thioether (sulfide) groups is 1. The topological polar surface area (TPSA) is 89.9 Å². The standard InChI is InChI=1S/C10H19NO2.C6H13NO2S/c1-8(10(12)13)11(2)9-6-4-3-5-7-9;1-7-5(6(8)9)3-4-10-2/h8-9H,3-7H2,1-2H3,(H,12,13);5,7H,3-4H2,1-2H3,(H,8,9). The lowest BCUT2D eigenvalue weighted by molar-refractivity contribution is -0.143. The lowest BCUT2D eigenvalue weighted by Crippen LogP contribution is -2.43. The molecule has 23 heavy (non-hydrogen) atoms. The Hall–Kier alpha value is -0.790. The van der Waals surface area contributed by atoms with Gasteiger partial charge in [-0.25, -0.2) is 0 Å². The van der Waals surface area contributed by atoms with Gasteiger partial charge in [0.25, 0.3) is 0 Å². The van der Waals surface area contributed by atoms with E-state index in [0.29, 0.717) is 12.5 Å². The summed E-state index contributed by atoms with van der Waals surface area (Å²) in [6.07, 6.45) is 8.79. The third-order valence-corrected chi connectivity index (χ3v) is 5.02. The Morgan fingerprint density at radius 3 is 2.17 bits per heavy atom. The highest BCUT2D eigenvalue weighted by Crippen LogP contribution is 2.22. The summed E-state index contributed by atoms with van der Waals surface area (Å²) < 4.78 is 0. The third kappa shape index (κ3) is 9.17. The fourth-order valence-electron chi connectivity index (χ4n) is 2.61. The molecule has 2 unspecified atom stereocenters. The molecule has 0 amide bonds. The Balaban J connectivity index is 0.000000438. The predicted molar refractivity (Wildman–Crippen MR) is 95.2 cm³/mol. The molecule has 2 atom stereocenters. The van der Waals surface area contributed by atoms with Crippen LogP contribution in [0.15, 0.2) is 0 Å². The quantitative estimate of drug-likeness (QED) is 0.619. The summed E-state index contributed by atoms with van der Waals surface area (Å²) in [5.74, 6) is -0.595. The number of carbonyl (C=O) groups is 2. The van der Waals surface area contributed by atoms with Crippen LogP contribution in [-0.2, 0) is 9.59 Å². The van der Waals surface area contributed by atoms with Gasteiger partial charge in [0.15, 0.2) is 0 Å². The molecule has 0 aromatic carbocycles. The van der Waals surface area contributed by atoms with Crippen LogP contribution in [0, 0.1) is 0 Å². The molecule has 1 saturated carbocycles. The van der Waals surface area contributed by atoms with Gasteiger partial charge in [-0.2, -0.15) is 11.8 Å². The Morgan fingerprint density at radius 2 is 1.78 bits per heavy atom. The van der Waals surface area contributed by atoms with E-state index in [4.69, 9.17) is 10.2 Å². The Morgan fingerprint density at radius 1 is 1.22 bits per heavy atom. The van der Waals surface area contributed by atoms with E-state index in [1.54, 1.807) is 25.7 Å². The second-order valence-corrected chi connectivity index (χ2v) is 6.92. The van der Waals surface area contributed by atoms with Gasteiger partial charge in [-0.3, -0.25) is 14.5 Å². The first-order valence-corrected chi connectivity index (χ1v) is 9.58. The van der Waals surface area contributed by atoms with Crippen molar-refractivity contribution < 1.29 is 19.8 Å². The van der Waals surface area contributed by atoms with Crippen LogP contribution in [0.2, 0.25) is 0 Å². The van der Waals surface area contributed by atoms with E-state index in [2.05, 4.69) is 5.32 Å². The molecule has 0 heterocycles. The van der Waals surface area contributed by atoms with Gasteiger partial charge >= 0.3 is 11.9 Å². The van der Waals surface area contributed by atoms with Gasteiger partial charge in [-0.15, -0.1) is 0 Å². The number of aliphatic carboxylic acids is 2. The van der Waals surface area contributed by atoms with Gasteiger partial charge in [0.2, 0.25) is 0 Å². The van der Waals surface area contributed by atoms with Gasteiger partial charge in [0.1, 0.15) is 12.1 Å². The number of carboxylic acids is 2. The van der Waals surface area contributed by atoms with Crippen LogP contribution in [0.5, 0.6) is 0 Å². The number of likely N-dealkylation sites (N-methyl/N-ethyl adjacent to an activating group) is 2. The van der Waals surface area contributed by atoms with E-state index in [-0.39, 0.29) is 12.1 Å². The first-order valence-electron chi connectivity index (χ1n) is 8.18. The smallest absolute Gasteiger partial charge is 0.320 e. The van der Waals surface area contributed by atoms with Crippen molar-refractivity contribution in [3.63, 3.8) is 0 Å². The minimum Gasteiger partial charge on any atom is -0.480 e. The summed E-state index contributed by atoms with van der Waals surface area (Å²) in [7, 11) is 3.59. The van der Waals surface area contributed by atoms with Crippen LogP contribution in [0.3, 0.4) is 0 Å². The number of nitrogens with one attached hydrogen (secondary N) is 1. The summed E-state index contributed by atoms with van der Waals surface area (Å²) in [6.45, 7) is 1.76. The summed E-state index contributed by atoms with van der Waals surface area (Å²) in [6, 6.07) is -0.240. The SMILES string of the molecule is CC(C(=O)O)N(C)C1CCCCC1.CNC(CCSC)C(=O)O. The molecule has 1 fully saturated rings. The second kappa shape index (κ2) is 12.6. The van der Waals surface area contributed by atoms with E-state index in [1.807, 2.05) is 18.2 Å². The van der Waals surface area contributed by atoms with Gasteiger partial charge < -0.3 is 15.5 Å². The molecular weight excluding hydrogens is 316 g/mol. The number of nitrogens with zero attached hydrogens (tertiary/aromatic N) is 1. The second-order valence-electron chi connectivity index (χ2n) is 5.93. The van der Waals surface area contributed by atoms with Crippen molar-refractivity contribution in [1.29, 1.82) is 0 Å². The first kappa shape index (κ1) is 22.2. The monoisotopic (exact) mass is 348 g/mol. The van der Waals surface area contributed by atoms with Crippen LogP contribution in [0.1, 0.15) is 45.4 Å². The summed E-state index contributed by atoms with van der Waals surface area (Å²) in [4.78, 5) is 23.1. The molecule has 0 radical (unpaired) electrons. The average Bonchev–Trinajstić information content (AvgIpc) is 2.55. The van der Waals surface area contributed by atoms with Gasteiger partial charge in [0.05, 0.1) is 0 Å². The molecule has 136 valence electrons. The molecule has 1 rings (SSSR count). The van der Waals surface area contributed by atoms with Crippen molar-refractivity contribution in [2.45, 2.75) is 63.6 Å². The zero-order chi connectivity index (χ0) is 17.8. The fourth-order valence-corrected chi connectivity index (χ4v) is 3.08. The zero-order valence-corrected chi connectivity index (χ0v) is 15.6. The molecule has 6 nitrogen and oxygen atoms in total. The van der Waals surface area contributed by atoms with Crippen molar-refractivity contribution >= 4 is 23.7 Å². The fraction of sp³-hybridized carbons (Fsp3) is 0.875. The van der Waals surface area contributed by atoms with E-state index in [9.17, 15) is 9.59 Å². The van der Waals surface area contributed by atoms with Crippen LogP contribution in [0.25, 0.3) is 0 Å². The molecule has 0 aliphatic heterocycles. The highest BCUT2D eigenvalue weighted by atomic mass is 32.2. The van der Waals surface area contributed by atoms with Crippen molar-refractivity contribution in [2.75, 3.05) is 26.1 Å². The molecule has 7 heteroatoms. The van der Waals surface area contributed by atoms with Crippen molar-refractivity contribution in [2.24, 2.45) is 0 Å². The average molecular weight is 349 g/mol. The van der Waals surface area contributed by atoms with Crippen molar-refractivity contribution in [3.8, 4) is 0 Å². The molecule has 1 aliphatic carbocycles. The van der Waals surface area contributed by atoms with E-state index < -0.39 is 11.9 Å². The molecule has 0 saturated heterocycles.